The van der Waals surface area contributed by atoms with Crippen LogP contribution < -0.4 is 0 Å². The van der Waals surface area contributed by atoms with Crippen molar-refractivity contribution in [2.24, 2.45) is 5.41 Å². The molecule has 1 fully saturated rings. The number of carboxylic acid groups (broad SMARTS) is 1. The molecule has 1 heterocycles. The van der Waals surface area contributed by atoms with E-state index in [4.69, 9.17) is 4.74 Å². The Labute approximate surface area is 145 Å². The van der Waals surface area contributed by atoms with Crippen molar-refractivity contribution in [3.63, 3.8) is 0 Å². The van der Waals surface area contributed by atoms with Gasteiger partial charge in [-0.25, -0.2) is 13.6 Å². The maximum atomic E-state index is 13.9. The Bertz CT molecular complexity index is 662. The second-order valence-corrected chi connectivity index (χ2v) is 7.47. The van der Waals surface area contributed by atoms with Crippen LogP contribution in [-0.4, -0.2) is 40.8 Å². The second-order valence-electron chi connectivity index (χ2n) is 7.47. The Morgan fingerprint density at radius 2 is 1.84 bits per heavy atom. The fourth-order valence-electron chi connectivity index (χ4n) is 2.95. The lowest BCUT2D eigenvalue weighted by Gasteiger charge is -2.39. The summed E-state index contributed by atoms with van der Waals surface area (Å²) >= 11 is 0. The van der Waals surface area contributed by atoms with Gasteiger partial charge < -0.3 is 14.7 Å². The Balaban J connectivity index is 2.12. The highest BCUT2D eigenvalue weighted by atomic mass is 19.1. The Kier molecular flexibility index (Phi) is 5.34. The molecule has 25 heavy (non-hydrogen) atoms. The lowest BCUT2D eigenvalue weighted by Crippen LogP contribution is -2.48. The highest BCUT2D eigenvalue weighted by Crippen LogP contribution is 2.36. The number of ether oxygens (including phenoxy) is 1. The first-order valence-electron chi connectivity index (χ1n) is 8.18. The van der Waals surface area contributed by atoms with Gasteiger partial charge in [0.2, 0.25) is 0 Å². The number of aliphatic carboxylic acids is 1. The van der Waals surface area contributed by atoms with Crippen LogP contribution in [0.25, 0.3) is 0 Å². The second kappa shape index (κ2) is 6.98. The number of rotatable bonds is 3. The topological polar surface area (TPSA) is 66.8 Å². The molecule has 0 saturated carbocycles. The fraction of sp³-hybridized carbons (Fsp3) is 0.556. The normalized spacial score (nSPS) is 17.2. The molecule has 1 aromatic carbocycles. The van der Waals surface area contributed by atoms with E-state index in [0.29, 0.717) is 0 Å². The molecule has 138 valence electrons. The number of hydrogen-bond acceptors (Lipinski definition) is 3. The zero-order valence-corrected chi connectivity index (χ0v) is 14.6. The van der Waals surface area contributed by atoms with Crippen LogP contribution in [0.5, 0.6) is 0 Å². The SMILES string of the molecule is CC(C)(C)OC(=O)N1CCC(Cc2cc(F)ccc2F)(C(=O)O)CC1. The summed E-state index contributed by atoms with van der Waals surface area (Å²) in [4.78, 5) is 25.4. The zero-order chi connectivity index (χ0) is 18.8. The molecule has 1 aromatic rings. The summed E-state index contributed by atoms with van der Waals surface area (Å²) in [6.07, 6.45) is -0.313. The van der Waals surface area contributed by atoms with Gasteiger partial charge >= 0.3 is 12.1 Å². The number of halogens is 2. The minimum atomic E-state index is -1.23. The fourth-order valence-corrected chi connectivity index (χ4v) is 2.95. The van der Waals surface area contributed by atoms with Crippen molar-refractivity contribution in [3.8, 4) is 0 Å². The Hall–Kier alpha value is -2.18. The smallest absolute Gasteiger partial charge is 0.410 e. The Morgan fingerprint density at radius 3 is 2.36 bits per heavy atom. The lowest BCUT2D eigenvalue weighted by molar-refractivity contribution is -0.152. The number of likely N-dealkylation sites (tertiary alicyclic amines) is 1. The molecule has 7 heteroatoms. The highest BCUT2D eigenvalue weighted by Gasteiger charge is 2.43. The molecule has 0 unspecified atom stereocenters. The van der Waals surface area contributed by atoms with Crippen molar-refractivity contribution < 1.29 is 28.2 Å². The molecule has 1 aliphatic heterocycles. The molecular weight excluding hydrogens is 332 g/mol. The molecule has 0 atom stereocenters. The minimum Gasteiger partial charge on any atom is -0.481 e. The monoisotopic (exact) mass is 355 g/mol. The van der Waals surface area contributed by atoms with Crippen LogP contribution in [0.4, 0.5) is 13.6 Å². The molecule has 0 spiro atoms. The Morgan fingerprint density at radius 1 is 1.24 bits per heavy atom. The van der Waals surface area contributed by atoms with Crippen molar-refractivity contribution in [2.45, 2.75) is 45.6 Å². The van der Waals surface area contributed by atoms with Crippen molar-refractivity contribution in [1.82, 2.24) is 4.90 Å². The van der Waals surface area contributed by atoms with Crippen molar-refractivity contribution >= 4 is 12.1 Å². The molecule has 0 aromatic heterocycles. The highest BCUT2D eigenvalue weighted by molar-refractivity contribution is 5.76. The predicted molar refractivity (Wildman–Crippen MR) is 87.2 cm³/mol. The maximum absolute atomic E-state index is 13.9. The average Bonchev–Trinajstić information content (AvgIpc) is 2.49. The van der Waals surface area contributed by atoms with Crippen molar-refractivity contribution in [2.75, 3.05) is 13.1 Å². The quantitative estimate of drug-likeness (QED) is 0.899. The summed E-state index contributed by atoms with van der Waals surface area (Å²) in [6.45, 7) is 5.64. The number of nitrogens with zero attached hydrogens (tertiary/aromatic N) is 1. The number of carbonyl (C=O) groups is 2. The van der Waals surface area contributed by atoms with Gasteiger partial charge in [0.25, 0.3) is 0 Å². The predicted octanol–water partition coefficient (Wildman–Crippen LogP) is 3.61. The van der Waals surface area contributed by atoms with E-state index in [0.717, 1.165) is 18.2 Å². The molecule has 1 saturated heterocycles. The molecule has 1 aliphatic rings. The zero-order valence-electron chi connectivity index (χ0n) is 14.6. The first kappa shape index (κ1) is 19.1. The van der Waals surface area contributed by atoms with Crippen LogP contribution in [-0.2, 0) is 16.0 Å². The molecule has 2 rings (SSSR count). The van der Waals surface area contributed by atoms with E-state index in [2.05, 4.69) is 0 Å². The van der Waals surface area contributed by atoms with Crippen LogP contribution in [0.15, 0.2) is 18.2 Å². The molecular formula is C18H23F2NO4. The lowest BCUT2D eigenvalue weighted by atomic mass is 9.74. The van der Waals surface area contributed by atoms with Crippen LogP contribution in [0.1, 0.15) is 39.2 Å². The number of piperidine rings is 1. The summed E-state index contributed by atoms with van der Waals surface area (Å²) < 4.78 is 32.6. The summed E-state index contributed by atoms with van der Waals surface area (Å²) in [7, 11) is 0. The van der Waals surface area contributed by atoms with E-state index < -0.39 is 34.7 Å². The van der Waals surface area contributed by atoms with Gasteiger partial charge in [-0.05, 0) is 63.8 Å². The van der Waals surface area contributed by atoms with Gasteiger partial charge in [-0.3, -0.25) is 4.79 Å². The van der Waals surface area contributed by atoms with Crippen LogP contribution in [0.2, 0.25) is 0 Å². The molecule has 0 radical (unpaired) electrons. The summed E-state index contributed by atoms with van der Waals surface area (Å²) in [5, 5.41) is 9.67. The van der Waals surface area contributed by atoms with Gasteiger partial charge in [0.05, 0.1) is 5.41 Å². The van der Waals surface area contributed by atoms with Gasteiger partial charge in [0, 0.05) is 13.1 Å². The minimum absolute atomic E-state index is 0.0353. The first-order valence-corrected chi connectivity index (χ1v) is 8.18. The third-order valence-corrected chi connectivity index (χ3v) is 4.36. The molecule has 1 N–H and O–H groups in total. The van der Waals surface area contributed by atoms with E-state index in [-0.39, 0.29) is 37.9 Å². The molecule has 0 bridgehead atoms. The standard InChI is InChI=1S/C18H23F2NO4/c1-17(2,3)25-16(24)21-8-6-18(7-9-21,15(22)23)11-12-10-13(19)4-5-14(12)20/h4-5,10H,6-9,11H2,1-3H3,(H,22,23). The summed E-state index contributed by atoms with van der Waals surface area (Å²) in [5.41, 5.74) is -1.83. The largest absolute Gasteiger partial charge is 0.481 e. The number of carbonyl (C=O) groups excluding carboxylic acids is 1. The van der Waals surface area contributed by atoms with Crippen LogP contribution in [0.3, 0.4) is 0 Å². The van der Waals surface area contributed by atoms with E-state index in [1.54, 1.807) is 20.8 Å². The molecule has 1 amide bonds. The van der Waals surface area contributed by atoms with Crippen LogP contribution in [0, 0.1) is 17.0 Å². The van der Waals surface area contributed by atoms with Crippen molar-refractivity contribution in [1.29, 1.82) is 0 Å². The van der Waals surface area contributed by atoms with Crippen LogP contribution >= 0.6 is 0 Å². The van der Waals surface area contributed by atoms with Gasteiger partial charge in [-0.1, -0.05) is 0 Å². The number of amides is 1. The number of benzene rings is 1. The van der Waals surface area contributed by atoms with Gasteiger partial charge in [0.1, 0.15) is 17.2 Å². The first-order chi connectivity index (χ1) is 11.5. The van der Waals surface area contributed by atoms with E-state index in [1.807, 2.05) is 0 Å². The summed E-state index contributed by atoms with van der Waals surface area (Å²) in [5.74, 6) is -2.31. The maximum Gasteiger partial charge on any atom is 0.410 e. The van der Waals surface area contributed by atoms with E-state index >= 15 is 0 Å². The van der Waals surface area contributed by atoms with Crippen molar-refractivity contribution in [3.05, 3.63) is 35.4 Å². The molecule has 5 nitrogen and oxygen atoms in total. The number of carboxylic acids is 1. The third kappa shape index (κ3) is 4.67. The van der Waals surface area contributed by atoms with Gasteiger partial charge in [-0.15, -0.1) is 0 Å². The average molecular weight is 355 g/mol. The number of hydrogen-bond donors (Lipinski definition) is 1. The summed E-state index contributed by atoms with van der Waals surface area (Å²) in [6, 6.07) is 3.02. The van der Waals surface area contributed by atoms with Gasteiger partial charge in [0.15, 0.2) is 0 Å². The third-order valence-electron chi connectivity index (χ3n) is 4.36. The van der Waals surface area contributed by atoms with Gasteiger partial charge in [-0.2, -0.15) is 0 Å². The molecule has 0 aliphatic carbocycles. The van der Waals surface area contributed by atoms with E-state index in [1.165, 1.54) is 4.90 Å². The van der Waals surface area contributed by atoms with E-state index in [9.17, 15) is 23.5 Å².